The van der Waals surface area contributed by atoms with Crippen LogP contribution in [-0.2, 0) is 0 Å². The van der Waals surface area contributed by atoms with Crippen molar-refractivity contribution in [2.24, 2.45) is 5.73 Å². The monoisotopic (exact) mass is 241 g/mol. The fraction of sp³-hybridized carbons (Fsp3) is 0.364. The molecular weight excluding hydrogens is 226 g/mol. The van der Waals surface area contributed by atoms with Crippen molar-refractivity contribution in [2.75, 3.05) is 13.7 Å². The van der Waals surface area contributed by atoms with Crippen LogP contribution in [0.3, 0.4) is 0 Å². The first-order valence-electron chi connectivity index (χ1n) is 4.97. The molecule has 0 amide bonds. The van der Waals surface area contributed by atoms with Gasteiger partial charge in [0, 0.05) is 12.1 Å². The zero-order valence-corrected chi connectivity index (χ0v) is 9.33. The van der Waals surface area contributed by atoms with Gasteiger partial charge in [-0.25, -0.2) is 0 Å². The molecule has 0 aliphatic heterocycles. The molecule has 1 aromatic carbocycles. The van der Waals surface area contributed by atoms with E-state index in [-0.39, 0.29) is 29.2 Å². The van der Waals surface area contributed by atoms with Crippen LogP contribution in [0.15, 0.2) is 12.1 Å². The lowest BCUT2D eigenvalue weighted by Gasteiger charge is -2.19. The van der Waals surface area contributed by atoms with Crippen LogP contribution in [0, 0.1) is 0 Å². The Morgan fingerprint density at radius 3 is 2.59 bits per heavy atom. The Morgan fingerprint density at radius 1 is 1.47 bits per heavy atom. The van der Waals surface area contributed by atoms with Gasteiger partial charge in [-0.05, 0) is 17.7 Å². The van der Waals surface area contributed by atoms with Crippen LogP contribution in [0.25, 0.3) is 0 Å². The molecule has 2 unspecified atom stereocenters. The Labute approximate surface area is 98.3 Å². The molecule has 94 valence electrons. The summed E-state index contributed by atoms with van der Waals surface area (Å²) in [5, 5.41) is 28.7. The van der Waals surface area contributed by atoms with Crippen LogP contribution in [0.1, 0.15) is 22.0 Å². The normalized spacial score (nSPS) is 14.1. The number of methoxy groups -OCH3 is 1. The predicted molar refractivity (Wildman–Crippen MR) is 60.1 cm³/mol. The second kappa shape index (κ2) is 5.62. The molecule has 0 fully saturated rings. The summed E-state index contributed by atoms with van der Waals surface area (Å²) in [5.74, 6) is -0.110. The van der Waals surface area contributed by atoms with Crippen molar-refractivity contribution < 1.29 is 24.9 Å². The largest absolute Gasteiger partial charge is 0.504 e. The maximum Gasteiger partial charge on any atom is 0.160 e. The number of carbonyl (C=O) groups is 1. The second-order valence-electron chi connectivity index (χ2n) is 3.52. The summed E-state index contributed by atoms with van der Waals surface area (Å²) in [4.78, 5) is 10.8. The highest BCUT2D eigenvalue weighted by Gasteiger charge is 2.22. The van der Waals surface area contributed by atoms with Gasteiger partial charge in [0.2, 0.25) is 0 Å². The number of ether oxygens (including phenoxy) is 1. The lowest BCUT2D eigenvalue weighted by Crippen LogP contribution is -2.27. The molecule has 1 rings (SSSR count). The molecular formula is C11H15NO5. The van der Waals surface area contributed by atoms with Crippen LogP contribution < -0.4 is 10.5 Å². The van der Waals surface area contributed by atoms with E-state index in [1.54, 1.807) is 0 Å². The van der Waals surface area contributed by atoms with E-state index in [0.717, 1.165) is 6.07 Å². The SMILES string of the molecule is COc1cc(C(O)C(O)CN)c(C=O)cc1O. The summed E-state index contributed by atoms with van der Waals surface area (Å²) in [6.07, 6.45) is -2.03. The van der Waals surface area contributed by atoms with E-state index in [4.69, 9.17) is 10.5 Å². The van der Waals surface area contributed by atoms with E-state index in [2.05, 4.69) is 0 Å². The number of carbonyl (C=O) groups excluding carboxylic acids is 1. The number of hydrogen-bond donors (Lipinski definition) is 4. The highest BCUT2D eigenvalue weighted by atomic mass is 16.5. The minimum atomic E-state index is -1.31. The number of phenolic OH excluding ortho intramolecular Hbond substituents is 1. The predicted octanol–water partition coefficient (Wildman–Crippen LogP) is -0.434. The number of rotatable bonds is 5. The first-order valence-corrected chi connectivity index (χ1v) is 4.97. The van der Waals surface area contributed by atoms with Crippen LogP contribution in [-0.4, -0.2) is 41.4 Å². The fourth-order valence-electron chi connectivity index (χ4n) is 1.46. The molecule has 1 aromatic rings. The van der Waals surface area contributed by atoms with Gasteiger partial charge in [-0.1, -0.05) is 0 Å². The molecule has 6 heteroatoms. The van der Waals surface area contributed by atoms with Gasteiger partial charge in [-0.15, -0.1) is 0 Å². The third-order valence-electron chi connectivity index (χ3n) is 2.44. The van der Waals surface area contributed by atoms with Crippen molar-refractivity contribution >= 4 is 6.29 Å². The van der Waals surface area contributed by atoms with E-state index < -0.39 is 12.2 Å². The van der Waals surface area contributed by atoms with Crippen molar-refractivity contribution in [1.82, 2.24) is 0 Å². The fourth-order valence-corrected chi connectivity index (χ4v) is 1.46. The summed E-state index contributed by atoms with van der Waals surface area (Å²) in [5.41, 5.74) is 5.46. The van der Waals surface area contributed by atoms with E-state index in [1.807, 2.05) is 0 Å². The van der Waals surface area contributed by atoms with Crippen molar-refractivity contribution in [3.63, 3.8) is 0 Å². The number of benzene rings is 1. The Hall–Kier alpha value is -1.63. The molecule has 0 radical (unpaired) electrons. The smallest absolute Gasteiger partial charge is 0.160 e. The van der Waals surface area contributed by atoms with Gasteiger partial charge in [0.05, 0.1) is 13.2 Å². The number of phenols is 1. The van der Waals surface area contributed by atoms with Gasteiger partial charge in [0.15, 0.2) is 17.8 Å². The van der Waals surface area contributed by atoms with Gasteiger partial charge >= 0.3 is 0 Å². The third-order valence-corrected chi connectivity index (χ3v) is 2.44. The molecule has 0 saturated carbocycles. The Morgan fingerprint density at radius 2 is 2.12 bits per heavy atom. The van der Waals surface area contributed by atoms with Crippen LogP contribution in [0.2, 0.25) is 0 Å². The molecule has 0 spiro atoms. The van der Waals surface area contributed by atoms with Crippen LogP contribution >= 0.6 is 0 Å². The molecule has 0 bridgehead atoms. The number of nitrogens with two attached hydrogens (primary N) is 1. The topological polar surface area (TPSA) is 113 Å². The summed E-state index contributed by atoms with van der Waals surface area (Å²) in [6, 6.07) is 2.45. The first-order chi connectivity index (χ1) is 8.04. The van der Waals surface area contributed by atoms with E-state index in [1.165, 1.54) is 13.2 Å². The molecule has 0 saturated heterocycles. The van der Waals surface area contributed by atoms with Gasteiger partial charge in [0.25, 0.3) is 0 Å². The Kier molecular flexibility index (Phi) is 4.45. The average Bonchev–Trinajstić information content (AvgIpc) is 2.36. The number of aliphatic hydroxyl groups is 2. The van der Waals surface area contributed by atoms with Crippen molar-refractivity contribution in [2.45, 2.75) is 12.2 Å². The second-order valence-corrected chi connectivity index (χ2v) is 3.52. The summed E-state index contributed by atoms with van der Waals surface area (Å²) in [7, 11) is 1.34. The molecule has 0 aromatic heterocycles. The molecule has 0 aliphatic carbocycles. The average molecular weight is 241 g/mol. The summed E-state index contributed by atoms with van der Waals surface area (Å²) < 4.78 is 4.86. The van der Waals surface area contributed by atoms with E-state index in [0.29, 0.717) is 6.29 Å². The van der Waals surface area contributed by atoms with Gasteiger partial charge < -0.3 is 25.8 Å². The van der Waals surface area contributed by atoms with Crippen molar-refractivity contribution in [1.29, 1.82) is 0 Å². The molecule has 0 aliphatic rings. The van der Waals surface area contributed by atoms with Gasteiger partial charge in [-0.3, -0.25) is 4.79 Å². The lowest BCUT2D eigenvalue weighted by atomic mass is 9.98. The van der Waals surface area contributed by atoms with Crippen LogP contribution in [0.4, 0.5) is 0 Å². The maximum atomic E-state index is 10.8. The van der Waals surface area contributed by atoms with E-state index in [9.17, 15) is 20.1 Å². The molecule has 2 atom stereocenters. The molecule has 5 N–H and O–H groups in total. The standard InChI is InChI=1S/C11H15NO5/c1-17-10-3-7(11(16)9(15)4-12)6(5-13)2-8(10)14/h2-3,5,9,11,14-16H,4,12H2,1H3. The minimum Gasteiger partial charge on any atom is -0.504 e. The number of hydrogen-bond acceptors (Lipinski definition) is 6. The molecule has 0 heterocycles. The zero-order chi connectivity index (χ0) is 13.0. The number of aldehydes is 1. The van der Waals surface area contributed by atoms with Gasteiger partial charge in [-0.2, -0.15) is 0 Å². The van der Waals surface area contributed by atoms with Gasteiger partial charge in [0.1, 0.15) is 6.10 Å². The van der Waals surface area contributed by atoms with Crippen molar-refractivity contribution in [3.8, 4) is 11.5 Å². The van der Waals surface area contributed by atoms with E-state index >= 15 is 0 Å². The van der Waals surface area contributed by atoms with Crippen LogP contribution in [0.5, 0.6) is 11.5 Å². The summed E-state index contributed by atoms with van der Waals surface area (Å²) in [6.45, 7) is -0.150. The Balaban J connectivity index is 3.25. The molecule has 6 nitrogen and oxygen atoms in total. The quantitative estimate of drug-likeness (QED) is 0.520. The Bertz CT molecular complexity index is 407. The highest BCUT2D eigenvalue weighted by Crippen LogP contribution is 2.32. The number of aliphatic hydroxyl groups excluding tert-OH is 2. The zero-order valence-electron chi connectivity index (χ0n) is 9.33. The third kappa shape index (κ3) is 2.73. The first kappa shape index (κ1) is 13.4. The summed E-state index contributed by atoms with van der Waals surface area (Å²) >= 11 is 0. The minimum absolute atomic E-state index is 0.0725. The number of aromatic hydroxyl groups is 1. The maximum absolute atomic E-state index is 10.8. The molecule has 17 heavy (non-hydrogen) atoms. The highest BCUT2D eigenvalue weighted by molar-refractivity contribution is 5.79. The lowest BCUT2D eigenvalue weighted by molar-refractivity contribution is 0.0238. The van der Waals surface area contributed by atoms with Crippen molar-refractivity contribution in [3.05, 3.63) is 23.3 Å².